The maximum atomic E-state index is 11.3. The van der Waals surface area contributed by atoms with Crippen molar-refractivity contribution in [3.05, 3.63) is 0 Å². The van der Waals surface area contributed by atoms with Crippen LogP contribution in [0.5, 0.6) is 0 Å². The molecule has 0 heterocycles. The van der Waals surface area contributed by atoms with E-state index in [9.17, 15) is 9.59 Å². The number of ether oxygens (including phenoxy) is 1. The fourth-order valence-corrected chi connectivity index (χ4v) is 1.09. The molecule has 0 aromatic heterocycles. The summed E-state index contributed by atoms with van der Waals surface area (Å²) in [6, 6.07) is 0. The topological polar surface area (TPSA) is 55.4 Å². The van der Waals surface area contributed by atoms with Gasteiger partial charge < -0.3 is 10.1 Å². The van der Waals surface area contributed by atoms with Gasteiger partial charge >= 0.3 is 5.97 Å². The first-order chi connectivity index (χ1) is 6.25. The van der Waals surface area contributed by atoms with Crippen LogP contribution in [-0.4, -0.2) is 24.5 Å². The minimum absolute atomic E-state index is 0.284. The Morgan fingerprint density at radius 3 is 2.77 bits per heavy atom. The summed E-state index contributed by atoms with van der Waals surface area (Å²) in [5, 5.41) is 2.50. The number of esters is 1. The Balaban J connectivity index is 2.26. The van der Waals surface area contributed by atoms with Crippen LogP contribution in [0.15, 0.2) is 0 Å². The molecule has 74 valence electrons. The van der Waals surface area contributed by atoms with Crippen LogP contribution in [0, 0.1) is 0 Å². The predicted molar refractivity (Wildman–Crippen MR) is 47.0 cm³/mol. The zero-order valence-corrected chi connectivity index (χ0v) is 7.84. The molecule has 4 heteroatoms. The van der Waals surface area contributed by atoms with Crippen LogP contribution in [0.4, 0.5) is 0 Å². The third-order valence-corrected chi connectivity index (χ3v) is 2.21. The molecule has 0 atom stereocenters. The summed E-state index contributed by atoms with van der Waals surface area (Å²) in [7, 11) is 0. The van der Waals surface area contributed by atoms with Gasteiger partial charge in [0.1, 0.15) is 5.54 Å². The van der Waals surface area contributed by atoms with Crippen LogP contribution in [0.25, 0.3) is 0 Å². The Kier molecular flexibility index (Phi) is 3.28. The van der Waals surface area contributed by atoms with E-state index in [2.05, 4.69) is 5.32 Å². The van der Waals surface area contributed by atoms with Crippen molar-refractivity contribution in [2.45, 2.75) is 38.1 Å². The molecule has 0 aliphatic heterocycles. The van der Waals surface area contributed by atoms with E-state index in [1.54, 1.807) is 0 Å². The van der Waals surface area contributed by atoms with E-state index < -0.39 is 5.54 Å². The van der Waals surface area contributed by atoms with Gasteiger partial charge in [0.15, 0.2) is 0 Å². The normalized spacial score (nSPS) is 17.6. The summed E-state index contributed by atoms with van der Waals surface area (Å²) in [4.78, 5) is 21.5. The van der Waals surface area contributed by atoms with Crippen molar-refractivity contribution in [1.82, 2.24) is 5.32 Å². The van der Waals surface area contributed by atoms with Crippen LogP contribution in [-0.2, 0) is 14.3 Å². The van der Waals surface area contributed by atoms with Crippen LogP contribution in [0.3, 0.4) is 0 Å². The summed E-state index contributed by atoms with van der Waals surface area (Å²) in [5.74, 6) is -0.284. The minimum Gasteiger partial charge on any atom is -0.464 e. The highest BCUT2D eigenvalue weighted by atomic mass is 16.5. The molecular weight excluding hydrogens is 170 g/mol. The molecule has 0 aromatic carbocycles. The largest absolute Gasteiger partial charge is 0.464 e. The van der Waals surface area contributed by atoms with Gasteiger partial charge in [0.25, 0.3) is 0 Å². The fourth-order valence-electron chi connectivity index (χ4n) is 1.09. The van der Waals surface area contributed by atoms with Gasteiger partial charge in [0.2, 0.25) is 6.41 Å². The average molecular weight is 185 g/mol. The molecule has 1 amide bonds. The molecule has 0 radical (unpaired) electrons. The monoisotopic (exact) mass is 185 g/mol. The second-order valence-corrected chi connectivity index (χ2v) is 3.33. The zero-order valence-electron chi connectivity index (χ0n) is 7.84. The number of carbonyl (C=O) groups excluding carboxylic acids is 2. The van der Waals surface area contributed by atoms with E-state index in [0.717, 1.165) is 12.8 Å². The lowest BCUT2D eigenvalue weighted by atomic mass is 10.3. The van der Waals surface area contributed by atoms with E-state index in [-0.39, 0.29) is 5.97 Å². The third-order valence-electron chi connectivity index (χ3n) is 2.21. The second-order valence-electron chi connectivity index (χ2n) is 3.33. The number of hydrogen-bond donors (Lipinski definition) is 1. The van der Waals surface area contributed by atoms with Gasteiger partial charge in [-0.3, -0.25) is 4.79 Å². The second kappa shape index (κ2) is 4.25. The van der Waals surface area contributed by atoms with E-state index in [1.165, 1.54) is 0 Å². The highest BCUT2D eigenvalue weighted by Crippen LogP contribution is 2.36. The Hall–Kier alpha value is -1.06. The minimum atomic E-state index is -0.671. The molecule has 1 aliphatic carbocycles. The lowest BCUT2D eigenvalue weighted by Gasteiger charge is -2.12. The van der Waals surface area contributed by atoms with Crippen molar-refractivity contribution in [1.29, 1.82) is 0 Å². The summed E-state index contributed by atoms with van der Waals surface area (Å²) in [5.41, 5.74) is -0.671. The van der Waals surface area contributed by atoms with Gasteiger partial charge in [0, 0.05) is 0 Å². The van der Waals surface area contributed by atoms with Gasteiger partial charge in [-0.1, -0.05) is 13.3 Å². The first-order valence-electron chi connectivity index (χ1n) is 4.64. The van der Waals surface area contributed by atoms with Crippen molar-refractivity contribution in [3.8, 4) is 0 Å². The quantitative estimate of drug-likeness (QED) is 0.374. The summed E-state index contributed by atoms with van der Waals surface area (Å²) in [6.45, 7) is 2.49. The lowest BCUT2D eigenvalue weighted by Crippen LogP contribution is -2.39. The highest BCUT2D eigenvalue weighted by Gasteiger charge is 2.51. The molecule has 1 fully saturated rings. The van der Waals surface area contributed by atoms with Crippen LogP contribution >= 0.6 is 0 Å². The molecule has 1 saturated carbocycles. The van der Waals surface area contributed by atoms with Gasteiger partial charge in [-0.05, 0) is 19.3 Å². The molecular formula is C9H15NO3. The highest BCUT2D eigenvalue weighted by molar-refractivity contribution is 5.86. The molecule has 0 spiro atoms. The number of carbonyl (C=O) groups is 2. The SMILES string of the molecule is CCCCOC(=O)C1(NC=O)CC1. The van der Waals surface area contributed by atoms with Crippen LogP contribution in [0.2, 0.25) is 0 Å². The van der Waals surface area contributed by atoms with E-state index >= 15 is 0 Å². The predicted octanol–water partition coefficient (Wildman–Crippen LogP) is 0.608. The standard InChI is InChI=1S/C9H15NO3/c1-2-3-6-13-8(12)9(4-5-9)10-7-11/h7H,2-6H2,1H3,(H,10,11). The summed E-state index contributed by atoms with van der Waals surface area (Å²) < 4.78 is 5.00. The van der Waals surface area contributed by atoms with E-state index in [4.69, 9.17) is 4.74 Å². The van der Waals surface area contributed by atoms with Crippen LogP contribution in [0.1, 0.15) is 32.6 Å². The molecule has 1 aliphatic rings. The molecule has 0 aromatic rings. The smallest absolute Gasteiger partial charge is 0.331 e. The number of nitrogens with one attached hydrogen (secondary N) is 1. The molecule has 4 nitrogen and oxygen atoms in total. The number of amides is 1. The van der Waals surface area contributed by atoms with Crippen LogP contribution < -0.4 is 5.32 Å². The Bertz CT molecular complexity index is 199. The van der Waals surface area contributed by atoms with Crippen molar-refractivity contribution in [2.75, 3.05) is 6.61 Å². The van der Waals surface area contributed by atoms with Gasteiger partial charge in [-0.25, -0.2) is 4.79 Å². The molecule has 13 heavy (non-hydrogen) atoms. The molecule has 0 unspecified atom stereocenters. The van der Waals surface area contributed by atoms with Crippen molar-refractivity contribution in [3.63, 3.8) is 0 Å². The molecule has 1 N–H and O–H groups in total. The summed E-state index contributed by atoms with van der Waals surface area (Å²) >= 11 is 0. The van der Waals surface area contributed by atoms with Gasteiger partial charge in [-0.15, -0.1) is 0 Å². The van der Waals surface area contributed by atoms with Crippen molar-refractivity contribution in [2.24, 2.45) is 0 Å². The maximum absolute atomic E-state index is 11.3. The van der Waals surface area contributed by atoms with Crippen molar-refractivity contribution >= 4 is 12.4 Å². The van der Waals surface area contributed by atoms with Crippen molar-refractivity contribution < 1.29 is 14.3 Å². The first kappa shape index (κ1) is 10.0. The Labute approximate surface area is 77.6 Å². The number of hydrogen-bond acceptors (Lipinski definition) is 3. The third kappa shape index (κ3) is 2.44. The molecule has 0 saturated heterocycles. The zero-order chi connectivity index (χ0) is 9.73. The summed E-state index contributed by atoms with van der Waals surface area (Å²) in [6.07, 6.45) is 3.85. The van der Waals surface area contributed by atoms with E-state index in [0.29, 0.717) is 25.9 Å². The van der Waals surface area contributed by atoms with Gasteiger partial charge in [0.05, 0.1) is 6.61 Å². The molecule has 0 bridgehead atoms. The number of unbranched alkanes of at least 4 members (excludes halogenated alkanes) is 1. The average Bonchev–Trinajstić information content (AvgIpc) is 2.87. The van der Waals surface area contributed by atoms with E-state index in [1.807, 2.05) is 6.92 Å². The Morgan fingerprint density at radius 2 is 2.31 bits per heavy atom. The molecule has 1 rings (SSSR count). The fraction of sp³-hybridized carbons (Fsp3) is 0.778. The first-order valence-corrected chi connectivity index (χ1v) is 4.64. The maximum Gasteiger partial charge on any atom is 0.331 e. The van der Waals surface area contributed by atoms with Gasteiger partial charge in [-0.2, -0.15) is 0 Å². The lowest BCUT2D eigenvalue weighted by molar-refractivity contribution is -0.148. The Morgan fingerprint density at radius 1 is 1.62 bits per heavy atom. The number of rotatable bonds is 6.